The van der Waals surface area contributed by atoms with Crippen LogP contribution in [0, 0.1) is 0 Å². The molecule has 0 unspecified atom stereocenters. The van der Waals surface area contributed by atoms with Crippen molar-refractivity contribution in [1.29, 1.82) is 0 Å². The van der Waals surface area contributed by atoms with Gasteiger partial charge < -0.3 is 0 Å². The Morgan fingerprint density at radius 2 is 1.81 bits per heavy atom. The minimum absolute atomic E-state index is 0.148. The molecule has 2 atom stereocenters. The average Bonchev–Trinajstić information content (AvgIpc) is 3.04. The van der Waals surface area contributed by atoms with Gasteiger partial charge in [0.1, 0.15) is 5.15 Å². The van der Waals surface area contributed by atoms with Crippen LogP contribution in [0.1, 0.15) is 36.3 Å². The van der Waals surface area contributed by atoms with Gasteiger partial charge in [-0.15, -0.1) is 0 Å². The van der Waals surface area contributed by atoms with E-state index in [1.807, 2.05) is 12.3 Å². The molecule has 1 aromatic carbocycles. The smallest absolute Gasteiger partial charge is 0.129 e. The molecule has 0 N–H and O–H groups in total. The Morgan fingerprint density at radius 1 is 1.05 bits per heavy atom. The number of nitrogens with zero attached hydrogens (tertiary/aromatic N) is 2. The molecule has 2 nitrogen and oxygen atoms in total. The van der Waals surface area contributed by atoms with Crippen molar-refractivity contribution in [3.8, 4) is 0 Å². The maximum absolute atomic E-state index is 5.97. The summed E-state index contributed by atoms with van der Waals surface area (Å²) in [5.41, 5.74) is 2.91. The first-order valence-corrected chi connectivity index (χ1v) is 8.10. The Hall–Kier alpha value is -1.38. The van der Waals surface area contributed by atoms with Crippen molar-refractivity contribution in [2.45, 2.75) is 30.7 Å². The van der Waals surface area contributed by atoms with Crippen LogP contribution in [-0.2, 0) is 5.54 Å². The molecule has 1 aromatic heterocycles. The Balaban J connectivity index is 1.73. The zero-order chi connectivity index (χ0) is 14.3. The quantitative estimate of drug-likeness (QED) is 0.789. The fourth-order valence-corrected chi connectivity index (χ4v) is 4.04. The van der Waals surface area contributed by atoms with E-state index in [-0.39, 0.29) is 5.54 Å². The summed E-state index contributed by atoms with van der Waals surface area (Å²) >= 11 is 5.97. The van der Waals surface area contributed by atoms with Crippen molar-refractivity contribution in [2.75, 3.05) is 13.1 Å². The van der Waals surface area contributed by atoms with Crippen LogP contribution in [0.5, 0.6) is 0 Å². The Bertz CT molecular complexity index is 619. The van der Waals surface area contributed by atoms with Gasteiger partial charge in [-0.1, -0.05) is 48.0 Å². The average molecular weight is 299 g/mol. The second-order valence-electron chi connectivity index (χ2n) is 6.16. The molecule has 4 rings (SSSR count). The third-order valence-electron chi connectivity index (χ3n) is 5.03. The molecule has 1 saturated heterocycles. The maximum atomic E-state index is 5.97. The predicted octanol–water partition coefficient (Wildman–Crippen LogP) is 4.21. The lowest BCUT2D eigenvalue weighted by atomic mass is 9.98. The highest BCUT2D eigenvalue weighted by atomic mass is 35.5. The van der Waals surface area contributed by atoms with Crippen molar-refractivity contribution in [1.82, 2.24) is 9.88 Å². The Kier molecular flexibility index (Phi) is 3.24. The monoisotopic (exact) mass is 298 g/mol. The molecule has 0 bridgehead atoms. The molecule has 0 amide bonds. The van der Waals surface area contributed by atoms with Crippen LogP contribution in [0.4, 0.5) is 0 Å². The van der Waals surface area contributed by atoms with Crippen molar-refractivity contribution >= 4 is 11.6 Å². The number of halogens is 1. The van der Waals surface area contributed by atoms with E-state index < -0.39 is 0 Å². The standard InChI is InChI=1S/C18H19ClN2/c19-17-9-8-15(13-20-17)18(21-10-4-5-11-21)12-16(18)14-6-2-1-3-7-14/h1-3,6-9,13,16H,4-5,10-12H2/t16-,18+/m1/s1. The van der Waals surface area contributed by atoms with E-state index in [1.165, 1.54) is 43.5 Å². The van der Waals surface area contributed by atoms with Crippen LogP contribution in [0.2, 0.25) is 5.15 Å². The highest BCUT2D eigenvalue weighted by Gasteiger charge is 2.60. The normalized spacial score (nSPS) is 28.7. The predicted molar refractivity (Wildman–Crippen MR) is 85.5 cm³/mol. The van der Waals surface area contributed by atoms with Gasteiger partial charge in [0.25, 0.3) is 0 Å². The zero-order valence-electron chi connectivity index (χ0n) is 12.0. The first kappa shape index (κ1) is 13.3. The molecule has 2 aromatic rings. The number of pyridine rings is 1. The van der Waals surface area contributed by atoms with Crippen LogP contribution >= 0.6 is 11.6 Å². The van der Waals surface area contributed by atoms with Gasteiger partial charge in [0.05, 0.1) is 5.54 Å². The van der Waals surface area contributed by atoms with Gasteiger partial charge in [0.2, 0.25) is 0 Å². The molecule has 108 valence electrons. The van der Waals surface area contributed by atoms with Crippen molar-refractivity contribution < 1.29 is 0 Å². The van der Waals surface area contributed by atoms with Crippen LogP contribution in [0.3, 0.4) is 0 Å². The number of benzene rings is 1. The summed E-state index contributed by atoms with van der Waals surface area (Å²) in [7, 11) is 0. The number of rotatable bonds is 3. The van der Waals surface area contributed by atoms with Crippen molar-refractivity contribution in [3.63, 3.8) is 0 Å². The Labute approximate surface area is 130 Å². The fraction of sp³-hybridized carbons (Fsp3) is 0.389. The van der Waals surface area contributed by atoms with E-state index in [2.05, 4.69) is 46.3 Å². The summed E-state index contributed by atoms with van der Waals surface area (Å²) in [4.78, 5) is 6.99. The molecule has 21 heavy (non-hydrogen) atoms. The molecule has 1 aliphatic heterocycles. The molecule has 2 aliphatic rings. The number of aromatic nitrogens is 1. The molecule has 3 heteroatoms. The van der Waals surface area contributed by atoms with E-state index >= 15 is 0 Å². The largest absolute Gasteiger partial charge is 0.293 e. The topological polar surface area (TPSA) is 16.1 Å². The van der Waals surface area contributed by atoms with E-state index in [0.717, 1.165) is 0 Å². The van der Waals surface area contributed by atoms with Gasteiger partial charge in [0, 0.05) is 12.1 Å². The highest BCUT2D eigenvalue weighted by molar-refractivity contribution is 6.29. The summed E-state index contributed by atoms with van der Waals surface area (Å²) in [5.74, 6) is 0.583. The number of likely N-dealkylation sites (tertiary alicyclic amines) is 1. The lowest BCUT2D eigenvalue weighted by Gasteiger charge is -2.29. The van der Waals surface area contributed by atoms with Crippen LogP contribution in [0.15, 0.2) is 48.7 Å². The van der Waals surface area contributed by atoms with Crippen LogP contribution in [0.25, 0.3) is 0 Å². The lowest BCUT2D eigenvalue weighted by Crippen LogP contribution is -2.34. The Morgan fingerprint density at radius 3 is 2.48 bits per heavy atom. The summed E-state index contributed by atoms with van der Waals surface area (Å²) < 4.78 is 0. The summed E-state index contributed by atoms with van der Waals surface area (Å²) in [6.45, 7) is 2.40. The van der Waals surface area contributed by atoms with Crippen molar-refractivity contribution in [2.24, 2.45) is 0 Å². The summed E-state index contributed by atoms with van der Waals surface area (Å²) in [5, 5.41) is 0.576. The van der Waals surface area contributed by atoms with Crippen LogP contribution < -0.4 is 0 Å². The van der Waals surface area contributed by atoms with E-state index in [4.69, 9.17) is 11.6 Å². The third-order valence-corrected chi connectivity index (χ3v) is 5.25. The van der Waals surface area contributed by atoms with Crippen molar-refractivity contribution in [3.05, 3.63) is 64.9 Å². The minimum Gasteiger partial charge on any atom is -0.293 e. The lowest BCUT2D eigenvalue weighted by molar-refractivity contribution is 0.215. The minimum atomic E-state index is 0.148. The highest BCUT2D eigenvalue weighted by Crippen LogP contribution is 2.62. The number of hydrogen-bond donors (Lipinski definition) is 0. The van der Waals surface area contributed by atoms with Gasteiger partial charge in [-0.2, -0.15) is 0 Å². The first-order chi connectivity index (χ1) is 10.3. The molecular formula is C18H19ClN2. The third kappa shape index (κ3) is 2.18. The molecule has 1 saturated carbocycles. The van der Waals surface area contributed by atoms with Crippen LogP contribution in [-0.4, -0.2) is 23.0 Å². The molecule has 0 spiro atoms. The summed E-state index contributed by atoms with van der Waals surface area (Å²) in [6.07, 6.45) is 5.79. The van der Waals surface area contributed by atoms with Gasteiger partial charge in [-0.25, -0.2) is 4.98 Å². The molecular weight excluding hydrogens is 280 g/mol. The van der Waals surface area contributed by atoms with E-state index in [9.17, 15) is 0 Å². The van der Waals surface area contributed by atoms with Gasteiger partial charge in [-0.3, -0.25) is 4.90 Å². The van der Waals surface area contributed by atoms with E-state index in [0.29, 0.717) is 11.1 Å². The van der Waals surface area contributed by atoms with Gasteiger partial charge >= 0.3 is 0 Å². The number of hydrogen-bond acceptors (Lipinski definition) is 2. The first-order valence-electron chi connectivity index (χ1n) is 7.73. The zero-order valence-corrected chi connectivity index (χ0v) is 12.8. The molecule has 1 aliphatic carbocycles. The van der Waals surface area contributed by atoms with Gasteiger partial charge in [0.15, 0.2) is 0 Å². The van der Waals surface area contributed by atoms with E-state index in [1.54, 1.807) is 0 Å². The molecule has 2 fully saturated rings. The maximum Gasteiger partial charge on any atom is 0.129 e. The fourth-order valence-electron chi connectivity index (χ4n) is 3.93. The molecule has 0 radical (unpaired) electrons. The second-order valence-corrected chi connectivity index (χ2v) is 6.54. The van der Waals surface area contributed by atoms with Gasteiger partial charge in [-0.05, 0) is 49.5 Å². The summed E-state index contributed by atoms with van der Waals surface area (Å²) in [6, 6.07) is 15.0. The second kappa shape index (κ2) is 5.11. The molecule has 2 heterocycles. The SMILES string of the molecule is Clc1ccc([C@@]2(N3CCCC3)C[C@@H]2c2ccccc2)cn1.